The van der Waals surface area contributed by atoms with Gasteiger partial charge in [0.05, 0.1) is 6.61 Å². The van der Waals surface area contributed by atoms with Crippen molar-refractivity contribution in [2.45, 2.75) is 84.2 Å². The summed E-state index contributed by atoms with van der Waals surface area (Å²) in [6.45, 7) is 8.79. The molecular weight excluding hydrogens is 344 g/mol. The van der Waals surface area contributed by atoms with Crippen molar-refractivity contribution >= 4 is 11.9 Å². The van der Waals surface area contributed by atoms with E-state index in [0.29, 0.717) is 19.6 Å². The minimum atomic E-state index is -0.251. The molecule has 0 aliphatic rings. The number of carbonyl (C=O) groups is 2. The van der Waals surface area contributed by atoms with E-state index in [0.717, 1.165) is 64.3 Å². The van der Waals surface area contributed by atoms with Crippen LogP contribution in [0.2, 0.25) is 0 Å². The molecule has 0 rings (SSSR count). The Hall–Kier alpha value is -2.03. The highest BCUT2D eigenvalue weighted by molar-refractivity contribution is 5.69. The number of hydrogen-bond acceptors (Lipinski definition) is 6. The van der Waals surface area contributed by atoms with Gasteiger partial charge in [-0.25, -0.2) is 0 Å². The predicted octanol–water partition coefficient (Wildman–Crippen LogP) is 4.35. The van der Waals surface area contributed by atoms with Gasteiger partial charge >= 0.3 is 11.9 Å². The summed E-state index contributed by atoms with van der Waals surface area (Å²) in [5.41, 5.74) is 0. The third-order valence-corrected chi connectivity index (χ3v) is 4.23. The van der Waals surface area contributed by atoms with E-state index in [1.165, 1.54) is 6.92 Å². The van der Waals surface area contributed by atoms with Gasteiger partial charge in [-0.15, -0.1) is 6.58 Å². The normalized spacial score (nSPS) is 11.3. The highest BCUT2D eigenvalue weighted by Gasteiger charge is 2.12. The van der Waals surface area contributed by atoms with E-state index in [1.807, 2.05) is 13.0 Å². The highest BCUT2D eigenvalue weighted by atomic mass is 16.5. The Morgan fingerprint density at radius 3 is 2.41 bits per heavy atom. The fourth-order valence-electron chi connectivity index (χ4n) is 2.87. The minimum Gasteiger partial charge on any atom is -0.466 e. The molecule has 0 saturated carbocycles. The van der Waals surface area contributed by atoms with Gasteiger partial charge in [0.1, 0.15) is 6.10 Å². The van der Waals surface area contributed by atoms with Crippen molar-refractivity contribution in [2.24, 2.45) is 0 Å². The molecule has 0 spiro atoms. The van der Waals surface area contributed by atoms with Crippen molar-refractivity contribution in [1.82, 2.24) is 4.90 Å². The molecule has 0 bridgehead atoms. The van der Waals surface area contributed by atoms with Crippen LogP contribution in [0.25, 0.3) is 0 Å². The molecule has 0 aliphatic carbocycles. The SMILES string of the molecule is C=CCCCC(CCCN(C#N)CCCCCCC(=O)OCC)OC(C)=O. The molecular formula is C21H36N2O4. The van der Waals surface area contributed by atoms with E-state index in [-0.39, 0.29) is 18.0 Å². The summed E-state index contributed by atoms with van der Waals surface area (Å²) in [6, 6.07) is 0. The first kappa shape index (κ1) is 25.0. The zero-order valence-corrected chi connectivity index (χ0v) is 17.1. The Labute approximate surface area is 164 Å². The molecule has 0 aromatic heterocycles. The highest BCUT2D eigenvalue weighted by Crippen LogP contribution is 2.13. The number of unbranched alkanes of at least 4 members (excludes halogenated alkanes) is 4. The Morgan fingerprint density at radius 1 is 1.11 bits per heavy atom. The Bertz CT molecular complexity index is 460. The van der Waals surface area contributed by atoms with Crippen molar-refractivity contribution in [1.29, 1.82) is 5.26 Å². The van der Waals surface area contributed by atoms with E-state index in [4.69, 9.17) is 9.47 Å². The topological polar surface area (TPSA) is 79.6 Å². The summed E-state index contributed by atoms with van der Waals surface area (Å²) in [6.07, 6.45) is 12.5. The van der Waals surface area contributed by atoms with Crippen LogP contribution in [-0.2, 0) is 19.1 Å². The molecule has 154 valence electrons. The summed E-state index contributed by atoms with van der Waals surface area (Å²) < 4.78 is 10.3. The maximum absolute atomic E-state index is 11.2. The first-order valence-corrected chi connectivity index (χ1v) is 10.1. The molecule has 0 aliphatic heterocycles. The minimum absolute atomic E-state index is 0.0779. The quantitative estimate of drug-likeness (QED) is 0.123. The number of rotatable bonds is 17. The fourth-order valence-corrected chi connectivity index (χ4v) is 2.87. The average Bonchev–Trinajstić information content (AvgIpc) is 2.62. The molecule has 27 heavy (non-hydrogen) atoms. The molecule has 0 radical (unpaired) electrons. The van der Waals surface area contributed by atoms with Crippen LogP contribution in [0.1, 0.15) is 78.1 Å². The van der Waals surface area contributed by atoms with E-state index >= 15 is 0 Å². The monoisotopic (exact) mass is 380 g/mol. The molecule has 0 fully saturated rings. The standard InChI is InChI=1S/C21H36N2O4/c1-4-6-9-13-20(27-19(3)24)14-12-17-23(18-22)16-11-8-7-10-15-21(25)26-5-2/h4,20H,1,5-17H2,2-3H3. The summed E-state index contributed by atoms with van der Waals surface area (Å²) in [5.74, 6) is -0.384. The largest absolute Gasteiger partial charge is 0.466 e. The predicted molar refractivity (Wildman–Crippen MR) is 106 cm³/mol. The van der Waals surface area contributed by atoms with Gasteiger partial charge in [-0.1, -0.05) is 18.9 Å². The van der Waals surface area contributed by atoms with Crippen LogP contribution in [0, 0.1) is 11.5 Å². The first-order valence-electron chi connectivity index (χ1n) is 10.1. The smallest absolute Gasteiger partial charge is 0.305 e. The maximum atomic E-state index is 11.2. The number of esters is 2. The molecule has 6 heteroatoms. The number of allylic oxidation sites excluding steroid dienone is 1. The lowest BCUT2D eigenvalue weighted by atomic mass is 10.1. The molecule has 0 aromatic rings. The maximum Gasteiger partial charge on any atom is 0.305 e. The van der Waals surface area contributed by atoms with Gasteiger partial charge in [0.25, 0.3) is 0 Å². The van der Waals surface area contributed by atoms with Crippen LogP contribution in [0.15, 0.2) is 12.7 Å². The lowest BCUT2D eigenvalue weighted by Gasteiger charge is -2.19. The zero-order chi connectivity index (χ0) is 20.3. The second kappa shape index (κ2) is 17.4. The third kappa shape index (κ3) is 15.9. The molecule has 1 atom stereocenters. The second-order valence-electron chi connectivity index (χ2n) is 6.65. The number of hydrogen-bond donors (Lipinski definition) is 0. The number of carbonyl (C=O) groups excluding carboxylic acids is 2. The van der Waals surface area contributed by atoms with Gasteiger partial charge < -0.3 is 14.4 Å². The molecule has 0 aromatic carbocycles. The molecule has 0 saturated heterocycles. The van der Waals surface area contributed by atoms with Gasteiger partial charge in [0.2, 0.25) is 0 Å². The van der Waals surface area contributed by atoms with Crippen LogP contribution in [0.4, 0.5) is 0 Å². The van der Waals surface area contributed by atoms with Crippen molar-refractivity contribution in [2.75, 3.05) is 19.7 Å². The summed E-state index contributed by atoms with van der Waals surface area (Å²) in [4.78, 5) is 24.2. The summed E-state index contributed by atoms with van der Waals surface area (Å²) in [7, 11) is 0. The van der Waals surface area contributed by atoms with Crippen LogP contribution in [0.3, 0.4) is 0 Å². The second-order valence-corrected chi connectivity index (χ2v) is 6.65. The van der Waals surface area contributed by atoms with Gasteiger partial charge in [-0.3, -0.25) is 9.59 Å². The Balaban J connectivity index is 3.90. The van der Waals surface area contributed by atoms with Gasteiger partial charge in [-0.05, 0) is 51.9 Å². The van der Waals surface area contributed by atoms with E-state index < -0.39 is 0 Å². The molecule has 0 heterocycles. The van der Waals surface area contributed by atoms with Gasteiger partial charge in [0, 0.05) is 26.4 Å². The van der Waals surface area contributed by atoms with E-state index in [9.17, 15) is 14.9 Å². The lowest BCUT2D eigenvalue weighted by molar-refractivity contribution is -0.147. The zero-order valence-electron chi connectivity index (χ0n) is 17.1. The van der Waals surface area contributed by atoms with Crippen LogP contribution >= 0.6 is 0 Å². The van der Waals surface area contributed by atoms with Gasteiger partial charge in [0.15, 0.2) is 6.19 Å². The van der Waals surface area contributed by atoms with Crippen molar-refractivity contribution in [3.63, 3.8) is 0 Å². The van der Waals surface area contributed by atoms with Crippen molar-refractivity contribution in [3.8, 4) is 6.19 Å². The molecule has 0 N–H and O–H groups in total. The fraction of sp³-hybridized carbons (Fsp3) is 0.762. The Kier molecular flexibility index (Phi) is 16.1. The average molecular weight is 381 g/mol. The number of nitrogens with zero attached hydrogens (tertiary/aromatic N) is 2. The van der Waals surface area contributed by atoms with Gasteiger partial charge in [-0.2, -0.15) is 5.26 Å². The van der Waals surface area contributed by atoms with E-state index in [2.05, 4.69) is 12.8 Å². The molecule has 0 amide bonds. The van der Waals surface area contributed by atoms with Crippen molar-refractivity contribution in [3.05, 3.63) is 12.7 Å². The summed E-state index contributed by atoms with van der Waals surface area (Å²) >= 11 is 0. The lowest BCUT2D eigenvalue weighted by Crippen LogP contribution is -2.23. The Morgan fingerprint density at radius 2 is 1.78 bits per heavy atom. The van der Waals surface area contributed by atoms with Crippen molar-refractivity contribution < 1.29 is 19.1 Å². The molecule has 6 nitrogen and oxygen atoms in total. The molecule has 1 unspecified atom stereocenters. The summed E-state index contributed by atoms with van der Waals surface area (Å²) in [5, 5.41) is 9.26. The van der Waals surface area contributed by atoms with Crippen LogP contribution in [0.5, 0.6) is 0 Å². The van der Waals surface area contributed by atoms with E-state index in [1.54, 1.807) is 4.90 Å². The number of nitriles is 1. The van der Waals surface area contributed by atoms with Crippen LogP contribution in [-0.4, -0.2) is 42.6 Å². The first-order chi connectivity index (χ1) is 13.0. The number of ether oxygens (including phenoxy) is 2. The third-order valence-electron chi connectivity index (χ3n) is 4.23. The van der Waals surface area contributed by atoms with Crippen LogP contribution < -0.4 is 0 Å².